The highest BCUT2D eigenvalue weighted by atomic mass is 32.2. The SMILES string of the molecule is Cc1ccc(C)c(C=NN(CCC#N)C2=NS(=O)(=O)c3ccccc32)c1. The lowest BCUT2D eigenvalue weighted by Gasteiger charge is -2.17. The molecule has 0 spiro atoms. The fourth-order valence-electron chi connectivity index (χ4n) is 2.68. The molecule has 2 aromatic carbocycles. The number of benzene rings is 2. The quantitative estimate of drug-likeness (QED) is 0.615. The smallest absolute Gasteiger partial charge is 0.246 e. The van der Waals surface area contributed by atoms with Crippen LogP contribution in [0.25, 0.3) is 0 Å². The van der Waals surface area contributed by atoms with Crippen LogP contribution in [0.1, 0.15) is 28.7 Å². The Balaban J connectivity index is 2.01. The van der Waals surface area contributed by atoms with E-state index in [4.69, 9.17) is 5.26 Å². The minimum atomic E-state index is -3.73. The number of hydrazone groups is 1. The maximum atomic E-state index is 12.3. The molecule has 0 atom stereocenters. The molecule has 132 valence electrons. The first-order valence-electron chi connectivity index (χ1n) is 8.12. The molecule has 2 aromatic rings. The van der Waals surface area contributed by atoms with Gasteiger partial charge in [-0.25, -0.2) is 5.01 Å². The van der Waals surface area contributed by atoms with E-state index < -0.39 is 10.0 Å². The van der Waals surface area contributed by atoms with Gasteiger partial charge in [0, 0.05) is 5.56 Å². The summed E-state index contributed by atoms with van der Waals surface area (Å²) in [6.07, 6.45) is 1.88. The van der Waals surface area contributed by atoms with Crippen molar-refractivity contribution in [2.45, 2.75) is 25.2 Å². The van der Waals surface area contributed by atoms with Gasteiger partial charge in [0.25, 0.3) is 10.0 Å². The van der Waals surface area contributed by atoms with Gasteiger partial charge < -0.3 is 0 Å². The molecule has 0 bridgehead atoms. The molecular weight excluding hydrogens is 348 g/mol. The highest BCUT2D eigenvalue weighted by molar-refractivity contribution is 7.90. The number of nitrogens with zero attached hydrogens (tertiary/aromatic N) is 4. The maximum absolute atomic E-state index is 12.3. The molecule has 0 aliphatic carbocycles. The van der Waals surface area contributed by atoms with Crippen LogP contribution in [-0.2, 0) is 10.0 Å². The summed E-state index contributed by atoms with van der Waals surface area (Å²) in [7, 11) is -3.73. The zero-order chi connectivity index (χ0) is 18.7. The monoisotopic (exact) mass is 366 g/mol. The Morgan fingerprint density at radius 2 is 2.00 bits per heavy atom. The van der Waals surface area contributed by atoms with E-state index in [1.807, 2.05) is 32.0 Å². The van der Waals surface area contributed by atoms with E-state index in [0.717, 1.165) is 16.7 Å². The van der Waals surface area contributed by atoms with Crippen LogP contribution < -0.4 is 0 Å². The van der Waals surface area contributed by atoms with Crippen molar-refractivity contribution in [3.05, 3.63) is 64.7 Å². The summed E-state index contributed by atoms with van der Waals surface area (Å²) in [5, 5.41) is 14.9. The second-order valence-electron chi connectivity index (χ2n) is 6.02. The molecule has 0 fully saturated rings. The molecule has 1 aliphatic rings. The van der Waals surface area contributed by atoms with Gasteiger partial charge in [0.05, 0.1) is 25.2 Å². The van der Waals surface area contributed by atoms with Gasteiger partial charge in [-0.2, -0.15) is 18.8 Å². The van der Waals surface area contributed by atoms with Crippen molar-refractivity contribution < 1.29 is 8.42 Å². The Labute approximate surface area is 153 Å². The third kappa shape index (κ3) is 3.51. The van der Waals surface area contributed by atoms with E-state index in [1.54, 1.807) is 24.4 Å². The summed E-state index contributed by atoms with van der Waals surface area (Å²) < 4.78 is 28.5. The first kappa shape index (κ1) is 17.8. The molecule has 0 saturated carbocycles. The predicted molar refractivity (Wildman–Crippen MR) is 101 cm³/mol. The van der Waals surface area contributed by atoms with Crippen molar-refractivity contribution in [1.82, 2.24) is 5.01 Å². The van der Waals surface area contributed by atoms with Crippen molar-refractivity contribution in [3.8, 4) is 6.07 Å². The highest BCUT2D eigenvalue weighted by Gasteiger charge is 2.31. The minimum absolute atomic E-state index is 0.166. The predicted octanol–water partition coefficient (Wildman–Crippen LogP) is 3.00. The zero-order valence-corrected chi connectivity index (χ0v) is 15.4. The summed E-state index contributed by atoms with van der Waals surface area (Å²) in [4.78, 5) is 0.166. The summed E-state index contributed by atoms with van der Waals surface area (Å²) >= 11 is 0. The Bertz CT molecular complexity index is 1050. The molecule has 0 amide bonds. The maximum Gasteiger partial charge on any atom is 0.285 e. The zero-order valence-electron chi connectivity index (χ0n) is 14.5. The summed E-state index contributed by atoms with van der Waals surface area (Å²) in [5.74, 6) is 0.248. The lowest BCUT2D eigenvalue weighted by Crippen LogP contribution is -2.27. The first-order chi connectivity index (χ1) is 12.4. The van der Waals surface area contributed by atoms with Crippen molar-refractivity contribution in [2.24, 2.45) is 9.50 Å². The van der Waals surface area contributed by atoms with Gasteiger partial charge in [-0.15, -0.1) is 4.40 Å². The molecule has 0 saturated heterocycles. The number of sulfonamides is 1. The number of hydrogen-bond donors (Lipinski definition) is 0. The third-order valence-corrected chi connectivity index (χ3v) is 5.39. The van der Waals surface area contributed by atoms with Crippen molar-refractivity contribution in [2.75, 3.05) is 6.54 Å². The van der Waals surface area contributed by atoms with Crippen molar-refractivity contribution in [1.29, 1.82) is 5.26 Å². The fourth-order valence-corrected chi connectivity index (χ4v) is 3.89. The van der Waals surface area contributed by atoms with Gasteiger partial charge >= 0.3 is 0 Å². The molecule has 1 aliphatic heterocycles. The molecule has 0 unspecified atom stereocenters. The number of amidine groups is 1. The van der Waals surface area contributed by atoms with Crippen molar-refractivity contribution >= 4 is 22.1 Å². The number of fused-ring (bicyclic) bond motifs is 1. The van der Waals surface area contributed by atoms with Gasteiger partial charge in [-0.1, -0.05) is 35.9 Å². The van der Waals surface area contributed by atoms with Crippen LogP contribution in [0.4, 0.5) is 0 Å². The van der Waals surface area contributed by atoms with Gasteiger partial charge in [0.1, 0.15) is 4.90 Å². The number of aryl methyl sites for hydroxylation is 2. The van der Waals surface area contributed by atoms with Gasteiger partial charge in [0.15, 0.2) is 5.84 Å². The van der Waals surface area contributed by atoms with Crippen LogP contribution in [0.2, 0.25) is 0 Å². The average Bonchev–Trinajstić information content (AvgIpc) is 2.89. The highest BCUT2D eigenvalue weighted by Crippen LogP contribution is 2.27. The van der Waals surface area contributed by atoms with E-state index in [2.05, 4.69) is 15.6 Å². The van der Waals surface area contributed by atoms with Crippen LogP contribution in [0.15, 0.2) is 56.9 Å². The van der Waals surface area contributed by atoms with Crippen LogP contribution in [-0.4, -0.2) is 32.0 Å². The number of nitriles is 1. The second kappa shape index (κ2) is 7.10. The normalized spacial score (nSPS) is 14.7. The standard InChI is InChI=1S/C19H18N4O2S/c1-14-8-9-15(2)16(12-14)13-21-23(11-5-10-20)19-17-6-3-4-7-18(17)26(24,25)22-19/h3-4,6-9,12-13H,5,11H2,1-2H3. The lowest BCUT2D eigenvalue weighted by molar-refractivity contribution is 0.459. The molecule has 0 radical (unpaired) electrons. The van der Waals surface area contributed by atoms with Gasteiger partial charge in [-0.3, -0.25) is 0 Å². The van der Waals surface area contributed by atoms with Crippen LogP contribution >= 0.6 is 0 Å². The van der Waals surface area contributed by atoms with Crippen LogP contribution in [0.5, 0.6) is 0 Å². The lowest BCUT2D eigenvalue weighted by atomic mass is 10.1. The van der Waals surface area contributed by atoms with Gasteiger partial charge in [-0.05, 0) is 37.1 Å². The molecule has 0 N–H and O–H groups in total. The first-order valence-corrected chi connectivity index (χ1v) is 9.56. The average molecular weight is 366 g/mol. The van der Waals surface area contributed by atoms with E-state index in [-0.39, 0.29) is 23.7 Å². The third-order valence-electron chi connectivity index (χ3n) is 4.06. The summed E-state index contributed by atoms with van der Waals surface area (Å²) in [5.41, 5.74) is 3.60. The van der Waals surface area contributed by atoms with E-state index in [1.165, 1.54) is 11.1 Å². The molecule has 3 rings (SSSR count). The number of hydrogen-bond acceptors (Lipinski definition) is 5. The van der Waals surface area contributed by atoms with Crippen LogP contribution in [0, 0.1) is 25.2 Å². The molecular formula is C19H18N4O2S. The Hall–Kier alpha value is -2.98. The molecule has 0 aromatic heterocycles. The van der Waals surface area contributed by atoms with Crippen molar-refractivity contribution in [3.63, 3.8) is 0 Å². The summed E-state index contributed by atoms with van der Waals surface area (Å²) in [6.45, 7) is 4.22. The Kier molecular flexibility index (Phi) is 4.87. The van der Waals surface area contributed by atoms with Crippen LogP contribution in [0.3, 0.4) is 0 Å². The summed E-state index contributed by atoms with van der Waals surface area (Å²) in [6, 6.07) is 14.7. The molecule has 26 heavy (non-hydrogen) atoms. The topological polar surface area (TPSA) is 85.9 Å². The second-order valence-corrected chi connectivity index (χ2v) is 7.59. The molecule has 6 nitrogen and oxygen atoms in total. The minimum Gasteiger partial charge on any atom is -0.246 e. The largest absolute Gasteiger partial charge is 0.285 e. The Morgan fingerprint density at radius 3 is 2.77 bits per heavy atom. The Morgan fingerprint density at radius 1 is 1.23 bits per heavy atom. The fraction of sp³-hybridized carbons (Fsp3) is 0.211. The van der Waals surface area contributed by atoms with E-state index >= 15 is 0 Å². The number of rotatable bonds is 4. The molecule has 1 heterocycles. The van der Waals surface area contributed by atoms with Gasteiger partial charge in [0.2, 0.25) is 0 Å². The van der Waals surface area contributed by atoms with E-state index in [9.17, 15) is 8.42 Å². The molecule has 7 heteroatoms. The van der Waals surface area contributed by atoms with E-state index in [0.29, 0.717) is 5.56 Å².